The molecule has 0 aliphatic heterocycles. The third-order valence-corrected chi connectivity index (χ3v) is 2.73. The lowest BCUT2D eigenvalue weighted by molar-refractivity contribution is 0.0789. The fourth-order valence-electron chi connectivity index (χ4n) is 1.66. The third-order valence-electron chi connectivity index (χ3n) is 2.73. The molecule has 0 aliphatic rings. The van der Waals surface area contributed by atoms with Gasteiger partial charge in [0, 0.05) is 19.7 Å². The summed E-state index contributed by atoms with van der Waals surface area (Å²) in [6, 6.07) is 3.40. The van der Waals surface area contributed by atoms with Crippen LogP contribution < -0.4 is 5.73 Å². The molecule has 0 saturated carbocycles. The number of nitrogens with zero attached hydrogens (tertiary/aromatic N) is 1. The van der Waals surface area contributed by atoms with Crippen LogP contribution in [0.3, 0.4) is 0 Å². The van der Waals surface area contributed by atoms with Crippen LogP contribution in [0.15, 0.2) is 18.2 Å². The Morgan fingerprint density at radius 2 is 2.11 bits per heavy atom. The van der Waals surface area contributed by atoms with E-state index in [2.05, 4.69) is 0 Å². The molecule has 0 fully saturated rings. The van der Waals surface area contributed by atoms with Gasteiger partial charge in [-0.05, 0) is 31.5 Å². The van der Waals surface area contributed by atoms with Crippen LogP contribution in [-0.2, 0) is 0 Å². The SMILES string of the molecule is CN(CCCCCN)C(=O)c1ccc(F)cc1O. The molecule has 0 radical (unpaired) electrons. The molecule has 3 N–H and O–H groups in total. The average Bonchev–Trinajstić information content (AvgIpc) is 2.33. The van der Waals surface area contributed by atoms with Crippen LogP contribution >= 0.6 is 0 Å². The van der Waals surface area contributed by atoms with Crippen LogP contribution in [0.25, 0.3) is 0 Å². The summed E-state index contributed by atoms with van der Waals surface area (Å²) in [6.07, 6.45) is 2.76. The molecule has 100 valence electrons. The van der Waals surface area contributed by atoms with Gasteiger partial charge in [0.15, 0.2) is 0 Å². The third kappa shape index (κ3) is 4.00. The zero-order valence-electron chi connectivity index (χ0n) is 10.5. The Labute approximate surface area is 106 Å². The van der Waals surface area contributed by atoms with E-state index >= 15 is 0 Å². The largest absolute Gasteiger partial charge is 0.507 e. The number of rotatable bonds is 6. The average molecular weight is 254 g/mol. The van der Waals surface area contributed by atoms with E-state index in [0.29, 0.717) is 13.1 Å². The van der Waals surface area contributed by atoms with Crippen molar-refractivity contribution < 1.29 is 14.3 Å². The zero-order chi connectivity index (χ0) is 13.5. The first kappa shape index (κ1) is 14.4. The summed E-state index contributed by atoms with van der Waals surface area (Å²) in [5, 5.41) is 9.52. The molecule has 0 aliphatic carbocycles. The van der Waals surface area contributed by atoms with Crippen LogP contribution in [0.2, 0.25) is 0 Å². The normalized spacial score (nSPS) is 10.4. The van der Waals surface area contributed by atoms with Crippen molar-refractivity contribution in [2.75, 3.05) is 20.1 Å². The summed E-state index contributed by atoms with van der Waals surface area (Å²) in [6.45, 7) is 1.24. The number of aromatic hydroxyl groups is 1. The molecular formula is C13H19FN2O2. The molecule has 1 rings (SSSR count). The molecule has 5 heteroatoms. The van der Waals surface area contributed by atoms with E-state index in [0.717, 1.165) is 31.4 Å². The van der Waals surface area contributed by atoms with Crippen molar-refractivity contribution in [3.8, 4) is 5.75 Å². The number of nitrogens with two attached hydrogens (primary N) is 1. The van der Waals surface area contributed by atoms with Gasteiger partial charge < -0.3 is 15.7 Å². The number of amides is 1. The predicted octanol–water partition coefficient (Wildman–Crippen LogP) is 1.73. The standard InChI is InChI=1S/C13H19FN2O2/c1-16(8-4-2-3-7-15)13(18)11-6-5-10(14)9-12(11)17/h5-6,9,17H,2-4,7-8,15H2,1H3. The number of phenols is 1. The Hall–Kier alpha value is -1.62. The van der Waals surface area contributed by atoms with Crippen molar-refractivity contribution in [3.05, 3.63) is 29.6 Å². The van der Waals surface area contributed by atoms with Gasteiger partial charge >= 0.3 is 0 Å². The van der Waals surface area contributed by atoms with E-state index in [1.807, 2.05) is 0 Å². The lowest BCUT2D eigenvalue weighted by atomic mass is 10.1. The molecule has 0 aromatic heterocycles. The van der Waals surface area contributed by atoms with E-state index in [9.17, 15) is 14.3 Å². The fraction of sp³-hybridized carbons (Fsp3) is 0.462. The van der Waals surface area contributed by atoms with Crippen molar-refractivity contribution in [1.82, 2.24) is 4.90 Å². The van der Waals surface area contributed by atoms with Gasteiger partial charge in [0.2, 0.25) is 0 Å². The number of carbonyl (C=O) groups is 1. The van der Waals surface area contributed by atoms with E-state index in [1.165, 1.54) is 11.0 Å². The van der Waals surface area contributed by atoms with Crippen molar-refractivity contribution >= 4 is 5.91 Å². The molecule has 1 aromatic rings. The number of benzene rings is 1. The van der Waals surface area contributed by atoms with Crippen LogP contribution in [0, 0.1) is 5.82 Å². The van der Waals surface area contributed by atoms with Gasteiger partial charge in [-0.15, -0.1) is 0 Å². The molecule has 18 heavy (non-hydrogen) atoms. The summed E-state index contributed by atoms with van der Waals surface area (Å²) >= 11 is 0. The highest BCUT2D eigenvalue weighted by Gasteiger charge is 2.15. The molecule has 0 atom stereocenters. The summed E-state index contributed by atoms with van der Waals surface area (Å²) in [5.41, 5.74) is 5.50. The van der Waals surface area contributed by atoms with Crippen LogP contribution in [0.1, 0.15) is 29.6 Å². The van der Waals surface area contributed by atoms with Crippen molar-refractivity contribution in [2.24, 2.45) is 5.73 Å². The molecule has 0 bridgehead atoms. The maximum absolute atomic E-state index is 12.8. The topological polar surface area (TPSA) is 66.6 Å². The van der Waals surface area contributed by atoms with Crippen LogP contribution in [0.4, 0.5) is 4.39 Å². The maximum atomic E-state index is 12.8. The smallest absolute Gasteiger partial charge is 0.257 e. The van der Waals surface area contributed by atoms with Gasteiger partial charge in [-0.3, -0.25) is 4.79 Å². The Kier molecular flexibility index (Phi) is 5.58. The van der Waals surface area contributed by atoms with Crippen molar-refractivity contribution in [3.63, 3.8) is 0 Å². The molecular weight excluding hydrogens is 235 g/mol. The number of phenolic OH excluding ortho intramolecular Hbond substituents is 1. The minimum absolute atomic E-state index is 0.123. The lowest BCUT2D eigenvalue weighted by Gasteiger charge is -2.17. The Balaban J connectivity index is 2.57. The first-order chi connectivity index (χ1) is 8.56. The monoisotopic (exact) mass is 254 g/mol. The quantitative estimate of drug-likeness (QED) is 0.760. The summed E-state index contributed by atoms with van der Waals surface area (Å²) in [5.74, 6) is -1.19. The Morgan fingerprint density at radius 3 is 2.72 bits per heavy atom. The summed E-state index contributed by atoms with van der Waals surface area (Å²) in [4.78, 5) is 13.5. The minimum Gasteiger partial charge on any atom is -0.507 e. The molecule has 0 heterocycles. The highest BCUT2D eigenvalue weighted by atomic mass is 19.1. The molecule has 1 aromatic carbocycles. The van der Waals surface area contributed by atoms with Gasteiger partial charge in [0.05, 0.1) is 5.56 Å². The molecule has 0 unspecified atom stereocenters. The summed E-state index contributed by atoms with van der Waals surface area (Å²) in [7, 11) is 1.66. The van der Waals surface area contributed by atoms with Gasteiger partial charge in [0.25, 0.3) is 5.91 Å². The van der Waals surface area contributed by atoms with Crippen molar-refractivity contribution in [2.45, 2.75) is 19.3 Å². The molecule has 0 saturated heterocycles. The zero-order valence-corrected chi connectivity index (χ0v) is 10.5. The number of hydrogen-bond acceptors (Lipinski definition) is 3. The van der Waals surface area contributed by atoms with Crippen LogP contribution in [-0.4, -0.2) is 36.1 Å². The second-order valence-corrected chi connectivity index (χ2v) is 4.24. The highest BCUT2D eigenvalue weighted by molar-refractivity contribution is 5.96. The minimum atomic E-state index is -0.561. The molecule has 4 nitrogen and oxygen atoms in total. The second-order valence-electron chi connectivity index (χ2n) is 4.24. The number of hydrogen-bond donors (Lipinski definition) is 2. The first-order valence-electron chi connectivity index (χ1n) is 6.00. The second kappa shape index (κ2) is 6.96. The molecule has 1 amide bonds. The number of halogens is 1. The van der Waals surface area contributed by atoms with Gasteiger partial charge in [-0.2, -0.15) is 0 Å². The maximum Gasteiger partial charge on any atom is 0.257 e. The van der Waals surface area contributed by atoms with E-state index in [-0.39, 0.29) is 17.2 Å². The van der Waals surface area contributed by atoms with Gasteiger partial charge in [-0.25, -0.2) is 4.39 Å². The van der Waals surface area contributed by atoms with Crippen LogP contribution in [0.5, 0.6) is 5.75 Å². The fourth-order valence-corrected chi connectivity index (χ4v) is 1.66. The van der Waals surface area contributed by atoms with Crippen molar-refractivity contribution in [1.29, 1.82) is 0 Å². The Morgan fingerprint density at radius 1 is 1.39 bits per heavy atom. The van der Waals surface area contributed by atoms with E-state index < -0.39 is 5.82 Å². The number of unbranched alkanes of at least 4 members (excludes halogenated alkanes) is 2. The lowest BCUT2D eigenvalue weighted by Crippen LogP contribution is -2.27. The molecule has 0 spiro atoms. The number of carbonyl (C=O) groups excluding carboxylic acids is 1. The van der Waals surface area contributed by atoms with Gasteiger partial charge in [0.1, 0.15) is 11.6 Å². The Bertz CT molecular complexity index is 410. The highest BCUT2D eigenvalue weighted by Crippen LogP contribution is 2.19. The summed E-state index contributed by atoms with van der Waals surface area (Å²) < 4.78 is 12.8. The van der Waals surface area contributed by atoms with Gasteiger partial charge in [-0.1, -0.05) is 6.42 Å². The van der Waals surface area contributed by atoms with E-state index in [4.69, 9.17) is 5.73 Å². The first-order valence-corrected chi connectivity index (χ1v) is 6.00. The predicted molar refractivity (Wildman–Crippen MR) is 67.9 cm³/mol. The van der Waals surface area contributed by atoms with E-state index in [1.54, 1.807) is 7.05 Å².